The molecule has 1 atom stereocenters. The van der Waals surface area contributed by atoms with Crippen LogP contribution < -0.4 is 10.1 Å². The average molecular weight is 556 g/mol. The molecule has 0 radical (unpaired) electrons. The number of nitrogens with zero attached hydrogens (tertiary/aromatic N) is 2. The molecule has 0 unspecified atom stereocenters. The molecule has 3 aromatic rings. The highest BCUT2D eigenvalue weighted by Crippen LogP contribution is 2.39. The molecule has 0 aliphatic carbocycles. The Morgan fingerprint density at radius 3 is 2.50 bits per heavy atom. The molecular weight excluding hydrogens is 526 g/mol. The van der Waals surface area contributed by atoms with E-state index in [2.05, 4.69) is 11.4 Å². The molecule has 10 heteroatoms. The first kappa shape index (κ1) is 26.5. The van der Waals surface area contributed by atoms with Crippen molar-refractivity contribution < 1.29 is 22.7 Å². The third-order valence-electron chi connectivity index (χ3n) is 6.98. The number of nitrogens with one attached hydrogen (secondary N) is 1. The van der Waals surface area contributed by atoms with Crippen molar-refractivity contribution in [3.8, 4) is 5.75 Å². The van der Waals surface area contributed by atoms with E-state index in [0.717, 1.165) is 23.2 Å². The fourth-order valence-corrected chi connectivity index (χ4v) is 6.62. The van der Waals surface area contributed by atoms with Crippen LogP contribution in [0.2, 0.25) is 5.02 Å². The number of fused-ring (bicyclic) bond motifs is 1. The molecule has 0 spiro atoms. The summed E-state index contributed by atoms with van der Waals surface area (Å²) < 4.78 is 38.2. The molecule has 0 aromatic heterocycles. The van der Waals surface area contributed by atoms with Crippen LogP contribution in [0.5, 0.6) is 5.75 Å². The molecule has 1 N–H and O–H groups in total. The summed E-state index contributed by atoms with van der Waals surface area (Å²) in [7, 11) is -1.75. The normalized spacial score (nSPS) is 18.1. The monoisotopic (exact) mass is 555 g/mol. The van der Waals surface area contributed by atoms with Gasteiger partial charge >= 0.3 is 0 Å². The largest absolute Gasteiger partial charge is 0.484 e. The molecule has 1 saturated heterocycles. The van der Waals surface area contributed by atoms with Crippen molar-refractivity contribution >= 4 is 33.2 Å². The molecule has 200 valence electrons. The number of amides is 1. The Bertz CT molecular complexity index is 1410. The smallest absolute Gasteiger partial charge is 0.261 e. The maximum absolute atomic E-state index is 13.5. The van der Waals surface area contributed by atoms with Crippen LogP contribution in [-0.2, 0) is 26.0 Å². The van der Waals surface area contributed by atoms with Gasteiger partial charge in [0.05, 0.1) is 24.2 Å². The molecule has 38 heavy (non-hydrogen) atoms. The Labute approximate surface area is 228 Å². The first-order valence-electron chi connectivity index (χ1n) is 12.5. The summed E-state index contributed by atoms with van der Waals surface area (Å²) in [6.07, 6.45) is 0.738. The van der Waals surface area contributed by atoms with E-state index in [0.29, 0.717) is 43.6 Å². The van der Waals surface area contributed by atoms with Crippen molar-refractivity contribution in [1.29, 1.82) is 0 Å². The number of sulfonamides is 1. The highest BCUT2D eigenvalue weighted by molar-refractivity contribution is 7.89. The minimum atomic E-state index is -3.60. The summed E-state index contributed by atoms with van der Waals surface area (Å²) in [6, 6.07) is 19.6. The predicted octanol–water partition coefficient (Wildman–Crippen LogP) is 3.96. The third kappa shape index (κ3) is 5.37. The lowest BCUT2D eigenvalue weighted by molar-refractivity contribution is -0.135. The number of ether oxygens (including phenoxy) is 2. The second-order valence-electron chi connectivity index (χ2n) is 9.20. The predicted molar refractivity (Wildman–Crippen MR) is 146 cm³/mol. The van der Waals surface area contributed by atoms with Crippen molar-refractivity contribution in [2.24, 2.45) is 0 Å². The van der Waals surface area contributed by atoms with E-state index in [9.17, 15) is 13.2 Å². The van der Waals surface area contributed by atoms with Crippen LogP contribution in [0, 0.1) is 0 Å². The first-order valence-corrected chi connectivity index (χ1v) is 14.4. The molecular formula is C28H30ClN3O5S. The van der Waals surface area contributed by atoms with Crippen LogP contribution in [0.3, 0.4) is 0 Å². The molecule has 1 amide bonds. The minimum absolute atomic E-state index is 0.170. The van der Waals surface area contributed by atoms with E-state index < -0.39 is 10.0 Å². The van der Waals surface area contributed by atoms with Crippen molar-refractivity contribution in [1.82, 2.24) is 9.21 Å². The van der Waals surface area contributed by atoms with Gasteiger partial charge in [0.25, 0.3) is 5.91 Å². The van der Waals surface area contributed by atoms with Crippen LogP contribution >= 0.6 is 11.6 Å². The van der Waals surface area contributed by atoms with E-state index in [-0.39, 0.29) is 23.5 Å². The molecule has 2 aliphatic heterocycles. The molecule has 0 saturated carbocycles. The molecule has 8 nitrogen and oxygen atoms in total. The van der Waals surface area contributed by atoms with Gasteiger partial charge in [-0.3, -0.25) is 4.79 Å². The van der Waals surface area contributed by atoms with E-state index in [1.54, 1.807) is 12.1 Å². The zero-order chi connectivity index (χ0) is 26.7. The molecule has 0 bridgehead atoms. The van der Waals surface area contributed by atoms with Gasteiger partial charge in [0.1, 0.15) is 5.75 Å². The Hall–Kier alpha value is -3.11. The van der Waals surface area contributed by atoms with Gasteiger partial charge in [0.15, 0.2) is 6.61 Å². The number of morpholine rings is 1. The molecule has 1 fully saturated rings. The summed E-state index contributed by atoms with van der Waals surface area (Å²) in [4.78, 5) is 15.5. The fraction of sp³-hybridized carbons (Fsp3) is 0.321. The maximum atomic E-state index is 13.5. The van der Waals surface area contributed by atoms with Crippen LogP contribution in [-0.4, -0.2) is 70.0 Å². The lowest BCUT2D eigenvalue weighted by Gasteiger charge is -2.38. The number of benzene rings is 3. The van der Waals surface area contributed by atoms with Crippen LogP contribution in [0.25, 0.3) is 0 Å². The SMILES string of the molecule is CNc1ccc(Cl)cc1[C@H]1c2ccccc2CCN1C(=O)COc1ccc(S(=O)(=O)N2CCOCC2)cc1. The van der Waals surface area contributed by atoms with Gasteiger partial charge in [-0.15, -0.1) is 0 Å². The summed E-state index contributed by atoms with van der Waals surface area (Å²) in [5.74, 6) is 0.253. The number of halogens is 1. The van der Waals surface area contributed by atoms with Gasteiger partial charge in [-0.1, -0.05) is 35.9 Å². The number of hydrogen-bond donors (Lipinski definition) is 1. The quantitative estimate of drug-likeness (QED) is 0.475. The Morgan fingerprint density at radius 1 is 1.03 bits per heavy atom. The lowest BCUT2D eigenvalue weighted by Crippen LogP contribution is -2.43. The van der Waals surface area contributed by atoms with Gasteiger partial charge in [0, 0.05) is 43.0 Å². The van der Waals surface area contributed by atoms with Gasteiger partial charge in [-0.25, -0.2) is 8.42 Å². The second kappa shape index (κ2) is 11.3. The number of carbonyl (C=O) groups is 1. The topological polar surface area (TPSA) is 88.2 Å². The van der Waals surface area contributed by atoms with Crippen molar-refractivity contribution in [3.05, 3.63) is 88.4 Å². The van der Waals surface area contributed by atoms with Crippen molar-refractivity contribution in [2.45, 2.75) is 17.4 Å². The van der Waals surface area contributed by atoms with E-state index in [4.69, 9.17) is 21.1 Å². The summed E-state index contributed by atoms with van der Waals surface area (Å²) >= 11 is 6.38. The highest BCUT2D eigenvalue weighted by atomic mass is 35.5. The van der Waals surface area contributed by atoms with Crippen molar-refractivity contribution in [2.75, 3.05) is 51.8 Å². The number of rotatable bonds is 7. The fourth-order valence-electron chi connectivity index (χ4n) is 5.03. The second-order valence-corrected chi connectivity index (χ2v) is 11.6. The summed E-state index contributed by atoms with van der Waals surface area (Å²) in [6.45, 7) is 1.79. The Balaban J connectivity index is 1.34. The van der Waals surface area contributed by atoms with E-state index >= 15 is 0 Å². The van der Waals surface area contributed by atoms with Gasteiger partial charge in [0.2, 0.25) is 10.0 Å². The lowest BCUT2D eigenvalue weighted by atomic mass is 9.87. The van der Waals surface area contributed by atoms with Crippen LogP contribution in [0.4, 0.5) is 5.69 Å². The minimum Gasteiger partial charge on any atom is -0.484 e. The van der Waals surface area contributed by atoms with Gasteiger partial charge < -0.3 is 19.7 Å². The number of anilines is 1. The zero-order valence-electron chi connectivity index (χ0n) is 21.1. The molecule has 2 heterocycles. The van der Waals surface area contributed by atoms with Gasteiger partial charge in [-0.05, 0) is 60.0 Å². The zero-order valence-corrected chi connectivity index (χ0v) is 22.7. The Morgan fingerprint density at radius 2 is 1.76 bits per heavy atom. The number of carbonyl (C=O) groups excluding carboxylic acids is 1. The van der Waals surface area contributed by atoms with Gasteiger partial charge in [-0.2, -0.15) is 4.31 Å². The maximum Gasteiger partial charge on any atom is 0.261 e. The first-order chi connectivity index (χ1) is 18.4. The highest BCUT2D eigenvalue weighted by Gasteiger charge is 2.33. The Kier molecular flexibility index (Phi) is 7.90. The standard InChI is InChI=1S/C28H30ClN3O5S/c1-30-26-11-6-21(29)18-25(26)28-24-5-3-2-4-20(24)12-13-32(28)27(33)19-37-22-7-9-23(10-8-22)38(34,35)31-14-16-36-17-15-31/h2-11,18,28,30H,12-17,19H2,1H3/t28-/m1/s1. The molecule has 5 rings (SSSR count). The van der Waals surface area contributed by atoms with Crippen LogP contribution in [0.1, 0.15) is 22.7 Å². The van der Waals surface area contributed by atoms with Crippen molar-refractivity contribution in [3.63, 3.8) is 0 Å². The third-order valence-corrected chi connectivity index (χ3v) is 9.12. The molecule has 3 aromatic carbocycles. The van der Waals surface area contributed by atoms with E-state index in [1.807, 2.05) is 48.3 Å². The molecule has 2 aliphatic rings. The van der Waals surface area contributed by atoms with E-state index in [1.165, 1.54) is 22.0 Å². The summed E-state index contributed by atoms with van der Waals surface area (Å²) in [5, 5.41) is 3.82. The average Bonchev–Trinajstić information content (AvgIpc) is 2.96. The van der Waals surface area contributed by atoms with Crippen LogP contribution in [0.15, 0.2) is 71.6 Å². The number of hydrogen-bond acceptors (Lipinski definition) is 6. The summed E-state index contributed by atoms with van der Waals surface area (Å²) in [5.41, 5.74) is 4.06.